The van der Waals surface area contributed by atoms with Crippen molar-refractivity contribution in [1.82, 2.24) is 14.9 Å². The van der Waals surface area contributed by atoms with Crippen molar-refractivity contribution in [2.45, 2.75) is 71.3 Å². The van der Waals surface area contributed by atoms with Gasteiger partial charge in [0.2, 0.25) is 0 Å². The summed E-state index contributed by atoms with van der Waals surface area (Å²) < 4.78 is 8.38. The first kappa shape index (κ1) is 27.4. The Kier molecular flexibility index (Phi) is 9.58. The summed E-state index contributed by atoms with van der Waals surface area (Å²) in [6.07, 6.45) is 6.05. The number of imidazole rings is 1. The Labute approximate surface area is 227 Å². The molecule has 0 aliphatic heterocycles. The molecule has 5 heteroatoms. The van der Waals surface area contributed by atoms with Gasteiger partial charge in [-0.15, -0.1) is 0 Å². The average Bonchev–Trinajstić information content (AvgIpc) is 3.27. The van der Waals surface area contributed by atoms with Crippen LogP contribution in [-0.2, 0) is 18.4 Å². The van der Waals surface area contributed by atoms with Crippen LogP contribution in [0.5, 0.6) is 5.75 Å². The lowest BCUT2D eigenvalue weighted by Gasteiger charge is -2.19. The van der Waals surface area contributed by atoms with Crippen LogP contribution in [0.3, 0.4) is 0 Å². The van der Waals surface area contributed by atoms with E-state index in [1.165, 1.54) is 11.1 Å². The molecule has 4 aromatic rings. The van der Waals surface area contributed by atoms with Gasteiger partial charge in [-0.3, -0.25) is 4.79 Å². The maximum Gasteiger partial charge on any atom is 0.251 e. The number of nitrogens with zero attached hydrogens (tertiary/aromatic N) is 2. The Morgan fingerprint density at radius 2 is 1.58 bits per heavy atom. The van der Waals surface area contributed by atoms with Crippen molar-refractivity contribution in [2.75, 3.05) is 13.2 Å². The smallest absolute Gasteiger partial charge is 0.251 e. The maximum atomic E-state index is 12.2. The predicted molar refractivity (Wildman–Crippen MR) is 156 cm³/mol. The van der Waals surface area contributed by atoms with E-state index in [9.17, 15) is 4.79 Å². The normalized spacial score (nSPS) is 11.6. The van der Waals surface area contributed by atoms with Crippen molar-refractivity contribution in [1.29, 1.82) is 0 Å². The molecule has 0 spiro atoms. The van der Waals surface area contributed by atoms with E-state index in [0.29, 0.717) is 18.7 Å². The Morgan fingerprint density at radius 3 is 2.34 bits per heavy atom. The van der Waals surface area contributed by atoms with Crippen molar-refractivity contribution in [2.24, 2.45) is 0 Å². The molecular weight excluding hydrogens is 470 g/mol. The number of carbonyl (C=O) groups is 1. The van der Waals surface area contributed by atoms with E-state index < -0.39 is 0 Å². The van der Waals surface area contributed by atoms with Crippen LogP contribution in [0.2, 0.25) is 0 Å². The second-order valence-corrected chi connectivity index (χ2v) is 10.9. The van der Waals surface area contributed by atoms with Crippen LogP contribution in [0, 0.1) is 0 Å². The first-order chi connectivity index (χ1) is 18.4. The number of aryl methyl sites for hydroxylation is 2. The van der Waals surface area contributed by atoms with Gasteiger partial charge in [0.1, 0.15) is 11.6 Å². The highest BCUT2D eigenvalue weighted by Gasteiger charge is 2.13. The van der Waals surface area contributed by atoms with Crippen molar-refractivity contribution in [3.63, 3.8) is 0 Å². The van der Waals surface area contributed by atoms with E-state index in [0.717, 1.165) is 62.2 Å². The maximum absolute atomic E-state index is 12.2. The summed E-state index contributed by atoms with van der Waals surface area (Å²) in [7, 11) is 0. The van der Waals surface area contributed by atoms with Gasteiger partial charge in [-0.1, -0.05) is 69.7 Å². The fourth-order valence-corrected chi connectivity index (χ4v) is 4.66. The first-order valence-electron chi connectivity index (χ1n) is 13.9. The minimum Gasteiger partial charge on any atom is -0.494 e. The number of hydrogen-bond donors (Lipinski definition) is 1. The third kappa shape index (κ3) is 7.70. The van der Waals surface area contributed by atoms with E-state index in [4.69, 9.17) is 9.72 Å². The minimum atomic E-state index is -0.00158. The highest BCUT2D eigenvalue weighted by molar-refractivity contribution is 5.94. The van der Waals surface area contributed by atoms with E-state index >= 15 is 0 Å². The van der Waals surface area contributed by atoms with Gasteiger partial charge in [0, 0.05) is 25.1 Å². The van der Waals surface area contributed by atoms with Gasteiger partial charge < -0.3 is 14.6 Å². The number of para-hydroxylation sites is 2. The predicted octanol–water partition coefficient (Wildman–Crippen LogP) is 7.34. The average molecular weight is 512 g/mol. The molecule has 1 amide bonds. The lowest BCUT2D eigenvalue weighted by Crippen LogP contribution is -2.24. The van der Waals surface area contributed by atoms with Crippen LogP contribution < -0.4 is 10.1 Å². The van der Waals surface area contributed by atoms with Gasteiger partial charge in [-0.2, -0.15) is 0 Å². The van der Waals surface area contributed by atoms with E-state index in [1.54, 1.807) is 0 Å². The van der Waals surface area contributed by atoms with Crippen LogP contribution >= 0.6 is 0 Å². The van der Waals surface area contributed by atoms with Crippen LogP contribution in [0.15, 0.2) is 78.9 Å². The summed E-state index contributed by atoms with van der Waals surface area (Å²) in [5, 5.41) is 3.02. The molecule has 4 rings (SSSR count). The molecule has 1 N–H and O–H groups in total. The SMILES string of the molecule is CC(C)(C)c1ccc(OCCCCn2c(CCCCCNC(=O)c3ccccc3)nc3ccccc32)cc1. The van der Waals surface area contributed by atoms with Gasteiger partial charge in [0.15, 0.2) is 0 Å². The second-order valence-electron chi connectivity index (χ2n) is 10.9. The van der Waals surface area contributed by atoms with Gasteiger partial charge in [-0.05, 0) is 73.1 Å². The van der Waals surface area contributed by atoms with Gasteiger partial charge in [-0.25, -0.2) is 4.98 Å². The molecule has 1 heterocycles. The molecule has 0 unspecified atom stereocenters. The zero-order valence-corrected chi connectivity index (χ0v) is 23.1. The second kappa shape index (κ2) is 13.3. The van der Waals surface area contributed by atoms with Crippen molar-refractivity contribution in [3.05, 3.63) is 95.8 Å². The Hall–Kier alpha value is -3.60. The van der Waals surface area contributed by atoms with E-state index in [2.05, 4.69) is 79.2 Å². The van der Waals surface area contributed by atoms with Gasteiger partial charge >= 0.3 is 0 Å². The summed E-state index contributed by atoms with van der Waals surface area (Å²) in [6, 6.07) is 26.3. The zero-order valence-electron chi connectivity index (χ0n) is 23.1. The largest absolute Gasteiger partial charge is 0.494 e. The Morgan fingerprint density at radius 1 is 0.842 bits per heavy atom. The number of rotatable bonds is 13. The molecule has 0 atom stereocenters. The number of ether oxygens (including phenoxy) is 1. The summed E-state index contributed by atoms with van der Waals surface area (Å²) in [6.45, 7) is 9.03. The minimum absolute atomic E-state index is 0.00158. The molecule has 200 valence electrons. The third-order valence-electron chi connectivity index (χ3n) is 6.90. The summed E-state index contributed by atoms with van der Waals surface area (Å²) in [5.74, 6) is 2.09. The van der Waals surface area contributed by atoms with E-state index in [-0.39, 0.29) is 11.3 Å². The lowest BCUT2D eigenvalue weighted by molar-refractivity contribution is 0.0953. The molecular formula is C33H41N3O2. The first-order valence-corrected chi connectivity index (χ1v) is 13.9. The number of amides is 1. The Balaban J connectivity index is 1.21. The summed E-state index contributed by atoms with van der Waals surface area (Å²) in [4.78, 5) is 17.1. The van der Waals surface area contributed by atoms with Crippen molar-refractivity contribution in [3.8, 4) is 5.75 Å². The molecule has 0 saturated heterocycles. The number of unbranched alkanes of at least 4 members (excludes halogenated alkanes) is 3. The van der Waals surface area contributed by atoms with Gasteiger partial charge in [0.25, 0.3) is 5.91 Å². The van der Waals surface area contributed by atoms with Crippen molar-refractivity contribution >= 4 is 16.9 Å². The molecule has 0 fully saturated rings. The number of fused-ring (bicyclic) bond motifs is 1. The van der Waals surface area contributed by atoms with Crippen LogP contribution in [0.4, 0.5) is 0 Å². The highest BCUT2D eigenvalue weighted by atomic mass is 16.5. The fraction of sp³-hybridized carbons (Fsp3) is 0.394. The number of carbonyl (C=O) groups excluding carboxylic acids is 1. The fourth-order valence-electron chi connectivity index (χ4n) is 4.66. The monoisotopic (exact) mass is 511 g/mol. The molecule has 38 heavy (non-hydrogen) atoms. The summed E-state index contributed by atoms with van der Waals surface area (Å²) in [5.41, 5.74) is 4.46. The zero-order chi connectivity index (χ0) is 26.8. The molecule has 5 nitrogen and oxygen atoms in total. The summed E-state index contributed by atoms with van der Waals surface area (Å²) >= 11 is 0. The number of nitrogens with one attached hydrogen (secondary N) is 1. The topological polar surface area (TPSA) is 56.1 Å². The lowest BCUT2D eigenvalue weighted by atomic mass is 9.87. The molecule has 1 aromatic heterocycles. The molecule has 0 saturated carbocycles. The number of hydrogen-bond acceptors (Lipinski definition) is 3. The third-order valence-corrected chi connectivity index (χ3v) is 6.90. The quantitative estimate of drug-likeness (QED) is 0.191. The van der Waals surface area contributed by atoms with Crippen molar-refractivity contribution < 1.29 is 9.53 Å². The highest BCUT2D eigenvalue weighted by Crippen LogP contribution is 2.24. The molecule has 0 radical (unpaired) electrons. The van der Waals surface area contributed by atoms with Gasteiger partial charge in [0.05, 0.1) is 17.6 Å². The molecule has 3 aromatic carbocycles. The number of benzene rings is 3. The molecule has 0 bridgehead atoms. The van der Waals surface area contributed by atoms with Crippen LogP contribution in [0.1, 0.15) is 74.6 Å². The van der Waals surface area contributed by atoms with E-state index in [1.807, 2.05) is 30.3 Å². The standard InChI is InChI=1S/C33H41N3O2/c1-33(2,3)27-19-21-28(22-20-27)38-25-13-12-24-36-30-17-10-9-16-29(30)35-31(36)18-8-5-11-23-34-32(37)26-14-6-4-7-15-26/h4,6-7,9-10,14-17,19-22H,5,8,11-13,18,23-25H2,1-3H3,(H,34,37). The molecule has 0 aliphatic rings. The van der Waals surface area contributed by atoms with Crippen LogP contribution in [-0.4, -0.2) is 28.6 Å². The Bertz CT molecular complexity index is 1290. The number of aromatic nitrogens is 2. The van der Waals surface area contributed by atoms with Crippen LogP contribution in [0.25, 0.3) is 11.0 Å². The molecule has 0 aliphatic carbocycles.